The van der Waals surface area contributed by atoms with Gasteiger partial charge in [-0.05, 0) is 36.7 Å². The highest BCUT2D eigenvalue weighted by atomic mass is 32.2. The Morgan fingerprint density at radius 3 is 2.71 bits per heavy atom. The van der Waals surface area contributed by atoms with Gasteiger partial charge < -0.3 is 0 Å². The van der Waals surface area contributed by atoms with Crippen LogP contribution in [0.1, 0.15) is 31.5 Å². The van der Waals surface area contributed by atoms with Crippen LogP contribution in [-0.4, -0.2) is 24.6 Å². The van der Waals surface area contributed by atoms with Crippen LogP contribution < -0.4 is 0 Å². The number of fused-ring (bicyclic) bond motifs is 1. The van der Waals surface area contributed by atoms with Crippen molar-refractivity contribution >= 4 is 9.84 Å². The maximum atomic E-state index is 11.4. The van der Waals surface area contributed by atoms with Crippen LogP contribution in [0, 0.1) is 11.8 Å². The Labute approximate surface area is 102 Å². The minimum absolute atomic E-state index is 0.0424. The molecule has 1 atom stereocenters. The lowest BCUT2D eigenvalue weighted by molar-refractivity contribution is 0.338. The molecule has 0 bridgehead atoms. The Morgan fingerprint density at radius 2 is 2.12 bits per heavy atom. The van der Waals surface area contributed by atoms with Crippen LogP contribution >= 0.6 is 0 Å². The minimum atomic E-state index is -3.29. The summed E-state index contributed by atoms with van der Waals surface area (Å²) in [7, 11) is -3.29. The fourth-order valence-corrected chi connectivity index (χ4v) is 2.79. The van der Waals surface area contributed by atoms with Gasteiger partial charge >= 0.3 is 0 Å². The molecule has 0 aliphatic heterocycles. The highest BCUT2D eigenvalue weighted by Gasteiger charge is 2.24. The van der Waals surface area contributed by atoms with Crippen LogP contribution in [0.3, 0.4) is 0 Å². The van der Waals surface area contributed by atoms with Gasteiger partial charge in [-0.3, -0.25) is 0 Å². The van der Waals surface area contributed by atoms with E-state index in [1.807, 2.05) is 0 Å². The number of hydrogen-bond donors (Lipinski definition) is 0. The number of aryl methyl sites for hydroxylation is 1. The predicted molar refractivity (Wildman–Crippen MR) is 65.5 cm³/mol. The van der Waals surface area contributed by atoms with Crippen molar-refractivity contribution in [3.63, 3.8) is 0 Å². The average Bonchev–Trinajstić information content (AvgIpc) is 2.26. The molecule has 5 heteroatoms. The Morgan fingerprint density at radius 1 is 1.41 bits per heavy atom. The SMILES string of the molecule is CC(C)C1CCc2nc(S(C)(=O)=O)ncc2C1. The second kappa shape index (κ2) is 4.37. The molecule has 1 unspecified atom stereocenters. The molecular weight excluding hydrogens is 236 g/mol. The third kappa shape index (κ3) is 2.65. The van der Waals surface area contributed by atoms with Crippen molar-refractivity contribution in [2.45, 2.75) is 38.3 Å². The van der Waals surface area contributed by atoms with Crippen molar-refractivity contribution in [1.29, 1.82) is 0 Å². The molecule has 0 amide bonds. The molecule has 0 aromatic carbocycles. The second-order valence-electron chi connectivity index (χ2n) is 5.14. The summed E-state index contributed by atoms with van der Waals surface area (Å²) in [6.45, 7) is 4.45. The van der Waals surface area contributed by atoms with Crippen LogP contribution in [-0.2, 0) is 22.7 Å². The maximum absolute atomic E-state index is 11.4. The van der Waals surface area contributed by atoms with Crippen molar-refractivity contribution < 1.29 is 8.42 Å². The van der Waals surface area contributed by atoms with E-state index in [2.05, 4.69) is 23.8 Å². The molecule has 0 saturated heterocycles. The molecule has 0 saturated carbocycles. The first-order valence-corrected chi connectivity index (χ1v) is 7.82. The number of hydrogen-bond acceptors (Lipinski definition) is 4. The van der Waals surface area contributed by atoms with Gasteiger partial charge in [-0.2, -0.15) is 0 Å². The highest BCUT2D eigenvalue weighted by molar-refractivity contribution is 7.90. The van der Waals surface area contributed by atoms with Gasteiger partial charge in [0.15, 0.2) is 0 Å². The molecule has 2 rings (SSSR count). The second-order valence-corrected chi connectivity index (χ2v) is 7.05. The molecule has 0 fully saturated rings. The molecule has 1 aromatic rings. The van der Waals surface area contributed by atoms with Crippen molar-refractivity contribution in [3.05, 3.63) is 17.5 Å². The van der Waals surface area contributed by atoms with Gasteiger partial charge in [-0.1, -0.05) is 13.8 Å². The number of nitrogens with zero attached hydrogens (tertiary/aromatic N) is 2. The third-order valence-electron chi connectivity index (χ3n) is 3.44. The standard InChI is InChI=1S/C12H18N2O2S/c1-8(2)9-4-5-11-10(6-9)7-13-12(14-11)17(3,15)16/h7-9H,4-6H2,1-3H3. The summed E-state index contributed by atoms with van der Waals surface area (Å²) in [5, 5.41) is -0.0424. The molecule has 94 valence electrons. The lowest BCUT2D eigenvalue weighted by Gasteiger charge is -2.26. The van der Waals surface area contributed by atoms with Gasteiger partial charge in [-0.25, -0.2) is 18.4 Å². The van der Waals surface area contributed by atoms with E-state index in [-0.39, 0.29) is 5.16 Å². The Balaban J connectivity index is 2.32. The zero-order valence-corrected chi connectivity index (χ0v) is 11.3. The van der Waals surface area contributed by atoms with Crippen LogP contribution in [0.5, 0.6) is 0 Å². The molecule has 1 aromatic heterocycles. The van der Waals surface area contributed by atoms with Crippen LogP contribution in [0.25, 0.3) is 0 Å². The van der Waals surface area contributed by atoms with Crippen molar-refractivity contribution in [2.75, 3.05) is 6.26 Å². The molecule has 0 radical (unpaired) electrons. The van der Waals surface area contributed by atoms with E-state index in [4.69, 9.17) is 0 Å². The molecule has 1 aliphatic carbocycles. The van der Waals surface area contributed by atoms with E-state index in [0.717, 1.165) is 36.8 Å². The van der Waals surface area contributed by atoms with Crippen molar-refractivity contribution in [2.24, 2.45) is 11.8 Å². The van der Waals surface area contributed by atoms with Crippen LogP contribution in [0.15, 0.2) is 11.4 Å². The topological polar surface area (TPSA) is 59.9 Å². The Bertz CT molecular complexity index is 523. The number of sulfone groups is 1. The Kier molecular flexibility index (Phi) is 3.21. The molecule has 1 heterocycles. The largest absolute Gasteiger partial charge is 0.246 e. The van der Waals surface area contributed by atoms with E-state index in [1.165, 1.54) is 0 Å². The Hall–Kier alpha value is -0.970. The zero-order chi connectivity index (χ0) is 12.6. The summed E-state index contributed by atoms with van der Waals surface area (Å²) < 4.78 is 22.7. The van der Waals surface area contributed by atoms with E-state index >= 15 is 0 Å². The third-order valence-corrected chi connectivity index (χ3v) is 4.30. The summed E-state index contributed by atoms with van der Waals surface area (Å²) in [4.78, 5) is 8.14. The minimum Gasteiger partial charge on any atom is -0.227 e. The predicted octanol–water partition coefficient (Wildman–Crippen LogP) is 1.64. The lowest BCUT2D eigenvalue weighted by atomic mass is 9.80. The first-order valence-electron chi connectivity index (χ1n) is 5.93. The first kappa shape index (κ1) is 12.5. The van der Waals surface area contributed by atoms with Gasteiger partial charge in [0.05, 0.1) is 0 Å². The van der Waals surface area contributed by atoms with Crippen molar-refractivity contribution in [3.8, 4) is 0 Å². The monoisotopic (exact) mass is 254 g/mol. The average molecular weight is 254 g/mol. The molecule has 1 aliphatic rings. The van der Waals surface area contributed by atoms with E-state index < -0.39 is 9.84 Å². The number of aromatic nitrogens is 2. The van der Waals surface area contributed by atoms with Gasteiger partial charge in [-0.15, -0.1) is 0 Å². The summed E-state index contributed by atoms with van der Waals surface area (Å²) >= 11 is 0. The highest BCUT2D eigenvalue weighted by Crippen LogP contribution is 2.29. The van der Waals surface area contributed by atoms with Gasteiger partial charge in [0.2, 0.25) is 15.0 Å². The van der Waals surface area contributed by atoms with Gasteiger partial charge in [0.25, 0.3) is 0 Å². The molecule has 4 nitrogen and oxygen atoms in total. The first-order chi connectivity index (χ1) is 7.88. The summed E-state index contributed by atoms with van der Waals surface area (Å²) in [6, 6.07) is 0. The van der Waals surface area contributed by atoms with Crippen LogP contribution in [0.4, 0.5) is 0 Å². The zero-order valence-electron chi connectivity index (χ0n) is 10.5. The molecule has 0 spiro atoms. The molecule has 17 heavy (non-hydrogen) atoms. The van der Waals surface area contributed by atoms with E-state index in [1.54, 1.807) is 6.20 Å². The summed E-state index contributed by atoms with van der Waals surface area (Å²) in [6.07, 6.45) is 5.76. The fourth-order valence-electron chi connectivity index (χ4n) is 2.27. The molecule has 0 N–H and O–H groups in total. The fraction of sp³-hybridized carbons (Fsp3) is 0.667. The van der Waals surface area contributed by atoms with Crippen LogP contribution in [0.2, 0.25) is 0 Å². The molecular formula is C12H18N2O2S. The normalized spacial score (nSPS) is 20.4. The van der Waals surface area contributed by atoms with E-state index in [9.17, 15) is 8.42 Å². The smallest absolute Gasteiger partial charge is 0.227 e. The lowest BCUT2D eigenvalue weighted by Crippen LogP contribution is -2.21. The summed E-state index contributed by atoms with van der Waals surface area (Å²) in [5.41, 5.74) is 2.03. The summed E-state index contributed by atoms with van der Waals surface area (Å²) in [5.74, 6) is 1.31. The van der Waals surface area contributed by atoms with E-state index in [0.29, 0.717) is 11.8 Å². The quantitative estimate of drug-likeness (QED) is 0.753. The van der Waals surface area contributed by atoms with Gasteiger partial charge in [0.1, 0.15) is 0 Å². The van der Waals surface area contributed by atoms with Gasteiger partial charge in [0, 0.05) is 18.1 Å². The number of rotatable bonds is 2. The maximum Gasteiger partial charge on any atom is 0.246 e. The van der Waals surface area contributed by atoms with Crippen molar-refractivity contribution in [1.82, 2.24) is 9.97 Å².